The van der Waals surface area contributed by atoms with Gasteiger partial charge in [-0.15, -0.1) is 0 Å². The largest absolute Gasteiger partial charge is 0.384 e. The van der Waals surface area contributed by atoms with E-state index >= 15 is 0 Å². The molecule has 0 aliphatic heterocycles. The van der Waals surface area contributed by atoms with Crippen LogP contribution in [0.25, 0.3) is 0 Å². The number of hydrogen-bond acceptors (Lipinski definition) is 2. The molecule has 3 atom stereocenters. The topological polar surface area (TPSA) is 26.3 Å². The van der Waals surface area contributed by atoms with Gasteiger partial charge in [0.05, 0.1) is 0 Å². The molecule has 0 aromatic carbocycles. The fraction of sp³-hybridized carbons (Fsp3) is 0.929. The summed E-state index contributed by atoms with van der Waals surface area (Å²) in [5.41, 5.74) is 0. The Morgan fingerprint density at radius 2 is 2.06 bits per heavy atom. The van der Waals surface area contributed by atoms with Crippen molar-refractivity contribution >= 4 is 5.78 Å². The van der Waals surface area contributed by atoms with Crippen LogP contribution in [0.5, 0.6) is 0 Å². The highest BCUT2D eigenvalue weighted by molar-refractivity contribution is 5.81. The summed E-state index contributed by atoms with van der Waals surface area (Å²) in [6.45, 7) is 5.02. The lowest BCUT2D eigenvalue weighted by molar-refractivity contribution is -0.126. The zero-order chi connectivity index (χ0) is 12.0. The molecule has 1 aliphatic carbocycles. The molecule has 2 heteroatoms. The second-order valence-corrected chi connectivity index (χ2v) is 5.29. The van der Waals surface area contributed by atoms with E-state index in [9.17, 15) is 4.79 Å². The van der Waals surface area contributed by atoms with Gasteiger partial charge in [0.1, 0.15) is 5.78 Å². The van der Waals surface area contributed by atoms with Crippen molar-refractivity contribution in [3.8, 4) is 0 Å². The Balaban J connectivity index is 2.44. The number of ether oxygens (including phenoxy) is 1. The summed E-state index contributed by atoms with van der Waals surface area (Å²) in [5.74, 6) is 1.85. The molecule has 0 N–H and O–H groups in total. The van der Waals surface area contributed by atoms with E-state index in [1.54, 1.807) is 7.11 Å². The summed E-state index contributed by atoms with van der Waals surface area (Å²) >= 11 is 0. The predicted octanol–water partition coefficient (Wildman–Crippen LogP) is 3.44. The summed E-state index contributed by atoms with van der Waals surface area (Å²) in [6.07, 6.45) is 6.80. The molecule has 0 bridgehead atoms. The third-order valence-electron chi connectivity index (χ3n) is 3.85. The van der Waals surface area contributed by atoms with Crippen LogP contribution in [-0.4, -0.2) is 19.5 Å². The number of carbonyl (C=O) groups is 1. The molecule has 16 heavy (non-hydrogen) atoms. The minimum Gasteiger partial charge on any atom is -0.384 e. The van der Waals surface area contributed by atoms with Gasteiger partial charge in [-0.25, -0.2) is 0 Å². The van der Waals surface area contributed by atoms with E-state index in [0.717, 1.165) is 12.8 Å². The van der Waals surface area contributed by atoms with Gasteiger partial charge in [-0.2, -0.15) is 0 Å². The third kappa shape index (κ3) is 3.89. The van der Waals surface area contributed by atoms with E-state index in [1.807, 2.05) is 0 Å². The normalized spacial score (nSPS) is 27.7. The van der Waals surface area contributed by atoms with Crippen LogP contribution in [0, 0.1) is 17.8 Å². The lowest BCUT2D eigenvalue weighted by Gasteiger charge is -2.30. The average molecular weight is 226 g/mol. The van der Waals surface area contributed by atoms with Crippen LogP contribution in [0.1, 0.15) is 52.4 Å². The van der Waals surface area contributed by atoms with E-state index in [2.05, 4.69) is 13.8 Å². The number of Topliss-reactive ketones (excluding diaryl/α,β-unsaturated/α-hetero) is 1. The van der Waals surface area contributed by atoms with Gasteiger partial charge >= 0.3 is 0 Å². The molecule has 3 unspecified atom stereocenters. The standard InChI is InChI=1S/C14H26O2/c1-4-12-7-5-6-8-13(12)14(15)9-11(2)10-16-3/h11-13H,4-10H2,1-3H3. The van der Waals surface area contributed by atoms with Crippen LogP contribution in [-0.2, 0) is 9.53 Å². The summed E-state index contributed by atoms with van der Waals surface area (Å²) in [5, 5.41) is 0. The Hall–Kier alpha value is -0.370. The number of methoxy groups -OCH3 is 1. The van der Waals surface area contributed by atoms with Gasteiger partial charge in [0.15, 0.2) is 0 Å². The Kier molecular flexibility index (Phi) is 6.04. The molecular weight excluding hydrogens is 200 g/mol. The fourth-order valence-corrected chi connectivity index (χ4v) is 2.96. The predicted molar refractivity (Wildman–Crippen MR) is 66.4 cm³/mol. The first-order valence-corrected chi connectivity index (χ1v) is 6.70. The molecule has 1 fully saturated rings. The highest BCUT2D eigenvalue weighted by Gasteiger charge is 2.29. The van der Waals surface area contributed by atoms with Crippen molar-refractivity contribution in [2.45, 2.75) is 52.4 Å². The molecule has 1 aliphatic rings. The summed E-state index contributed by atoms with van der Waals surface area (Å²) in [4.78, 5) is 12.2. The van der Waals surface area contributed by atoms with Crippen LogP contribution in [0.15, 0.2) is 0 Å². The van der Waals surface area contributed by atoms with Crippen LogP contribution >= 0.6 is 0 Å². The number of ketones is 1. The summed E-state index contributed by atoms with van der Waals surface area (Å²) in [6, 6.07) is 0. The van der Waals surface area contributed by atoms with E-state index < -0.39 is 0 Å². The van der Waals surface area contributed by atoms with E-state index in [4.69, 9.17) is 4.74 Å². The first kappa shape index (κ1) is 13.7. The first-order chi connectivity index (χ1) is 7.69. The molecule has 1 rings (SSSR count). The minimum absolute atomic E-state index is 0.345. The van der Waals surface area contributed by atoms with Crippen molar-refractivity contribution in [3.05, 3.63) is 0 Å². The minimum atomic E-state index is 0.345. The molecule has 94 valence electrons. The quantitative estimate of drug-likeness (QED) is 0.693. The van der Waals surface area contributed by atoms with Gasteiger partial charge in [-0.1, -0.05) is 33.1 Å². The number of rotatable bonds is 6. The zero-order valence-electron chi connectivity index (χ0n) is 11.0. The molecule has 0 saturated heterocycles. The third-order valence-corrected chi connectivity index (χ3v) is 3.85. The van der Waals surface area contributed by atoms with Gasteiger partial charge in [-0.05, 0) is 24.7 Å². The van der Waals surface area contributed by atoms with Crippen LogP contribution in [0.3, 0.4) is 0 Å². The Labute approximate surface area is 99.8 Å². The highest BCUT2D eigenvalue weighted by Crippen LogP contribution is 2.34. The molecule has 0 aromatic rings. The maximum Gasteiger partial charge on any atom is 0.136 e. The highest BCUT2D eigenvalue weighted by atomic mass is 16.5. The summed E-state index contributed by atoms with van der Waals surface area (Å²) < 4.78 is 5.09. The van der Waals surface area contributed by atoms with Gasteiger partial charge < -0.3 is 4.74 Å². The van der Waals surface area contributed by atoms with E-state index in [-0.39, 0.29) is 0 Å². The Bertz CT molecular complexity index is 213. The van der Waals surface area contributed by atoms with Crippen molar-refractivity contribution < 1.29 is 9.53 Å². The molecule has 1 saturated carbocycles. The summed E-state index contributed by atoms with van der Waals surface area (Å²) in [7, 11) is 1.70. The molecule has 0 spiro atoms. The lowest BCUT2D eigenvalue weighted by atomic mass is 9.74. The smallest absolute Gasteiger partial charge is 0.136 e. The second kappa shape index (κ2) is 7.05. The van der Waals surface area contributed by atoms with Crippen molar-refractivity contribution in [1.82, 2.24) is 0 Å². The fourth-order valence-electron chi connectivity index (χ4n) is 2.96. The zero-order valence-corrected chi connectivity index (χ0v) is 11.0. The molecular formula is C14H26O2. The maximum absolute atomic E-state index is 12.2. The van der Waals surface area contributed by atoms with Gasteiger partial charge in [-0.3, -0.25) is 4.79 Å². The molecule has 0 heterocycles. The van der Waals surface area contributed by atoms with Crippen LogP contribution < -0.4 is 0 Å². The van der Waals surface area contributed by atoms with Crippen molar-refractivity contribution in [2.24, 2.45) is 17.8 Å². The molecule has 0 aromatic heterocycles. The van der Waals surface area contributed by atoms with E-state index in [1.165, 1.54) is 19.3 Å². The van der Waals surface area contributed by atoms with Crippen LogP contribution in [0.4, 0.5) is 0 Å². The average Bonchev–Trinajstić information content (AvgIpc) is 2.29. The lowest BCUT2D eigenvalue weighted by Crippen LogP contribution is -2.28. The first-order valence-electron chi connectivity index (χ1n) is 6.70. The number of hydrogen-bond donors (Lipinski definition) is 0. The van der Waals surface area contributed by atoms with Crippen molar-refractivity contribution in [1.29, 1.82) is 0 Å². The Morgan fingerprint density at radius 1 is 1.38 bits per heavy atom. The molecule has 2 nitrogen and oxygen atoms in total. The van der Waals surface area contributed by atoms with E-state index in [0.29, 0.717) is 36.6 Å². The SMILES string of the molecule is CCC1CCCCC1C(=O)CC(C)COC. The van der Waals surface area contributed by atoms with Gasteiger partial charge in [0.2, 0.25) is 0 Å². The molecule has 0 amide bonds. The molecule has 0 radical (unpaired) electrons. The monoisotopic (exact) mass is 226 g/mol. The van der Waals surface area contributed by atoms with Crippen molar-refractivity contribution in [2.75, 3.05) is 13.7 Å². The Morgan fingerprint density at radius 3 is 2.69 bits per heavy atom. The van der Waals surface area contributed by atoms with Crippen molar-refractivity contribution in [3.63, 3.8) is 0 Å². The maximum atomic E-state index is 12.2. The number of carbonyl (C=O) groups excluding carboxylic acids is 1. The second-order valence-electron chi connectivity index (χ2n) is 5.29. The van der Waals surface area contributed by atoms with Gasteiger partial charge in [0.25, 0.3) is 0 Å². The van der Waals surface area contributed by atoms with Crippen LogP contribution in [0.2, 0.25) is 0 Å². The van der Waals surface area contributed by atoms with Gasteiger partial charge in [0, 0.05) is 26.1 Å².